The molecular weight excluding hydrogens is 429 g/mol. The Bertz CT molecular complexity index is 1140. The van der Waals surface area contributed by atoms with E-state index in [4.69, 9.17) is 14.6 Å². The Morgan fingerprint density at radius 1 is 1.19 bits per heavy atom. The highest BCUT2D eigenvalue weighted by Crippen LogP contribution is 2.28. The van der Waals surface area contributed by atoms with Crippen molar-refractivity contribution in [2.75, 3.05) is 13.7 Å². The van der Waals surface area contributed by atoms with E-state index in [-0.39, 0.29) is 5.91 Å². The number of alkyl halides is 3. The molecule has 0 unspecified atom stereocenters. The maximum absolute atomic E-state index is 13.2. The van der Waals surface area contributed by atoms with Gasteiger partial charge in [-0.05, 0) is 25.0 Å². The molecule has 1 amide bonds. The van der Waals surface area contributed by atoms with Crippen LogP contribution in [0.4, 0.5) is 13.2 Å². The van der Waals surface area contributed by atoms with Gasteiger partial charge in [0.2, 0.25) is 5.88 Å². The number of para-hydroxylation sites is 1. The molecule has 0 radical (unpaired) electrons. The van der Waals surface area contributed by atoms with Crippen LogP contribution in [0.25, 0.3) is 10.9 Å². The fourth-order valence-electron chi connectivity index (χ4n) is 3.52. The number of nitrogens with zero attached hydrogens (tertiary/aromatic N) is 4. The second-order valence-electron chi connectivity index (χ2n) is 7.07. The quantitative estimate of drug-likeness (QED) is 0.644. The molecule has 1 aliphatic heterocycles. The predicted molar refractivity (Wildman–Crippen MR) is 108 cm³/mol. The first kappa shape index (κ1) is 23.0. The highest BCUT2D eigenvalue weighted by molar-refractivity contribution is 6.05. The minimum atomic E-state index is -5.08. The van der Waals surface area contributed by atoms with Gasteiger partial charge in [0.05, 0.1) is 30.4 Å². The van der Waals surface area contributed by atoms with Crippen LogP contribution in [0.2, 0.25) is 0 Å². The zero-order valence-corrected chi connectivity index (χ0v) is 17.4. The Morgan fingerprint density at radius 3 is 2.53 bits per heavy atom. The Hall–Kier alpha value is -3.63. The molecule has 4 rings (SSSR count). The van der Waals surface area contributed by atoms with Gasteiger partial charge in [0.1, 0.15) is 0 Å². The molecule has 0 bridgehead atoms. The van der Waals surface area contributed by atoms with Crippen molar-refractivity contribution in [3.8, 4) is 5.88 Å². The third-order valence-corrected chi connectivity index (χ3v) is 5.02. The van der Waals surface area contributed by atoms with Crippen molar-refractivity contribution in [3.63, 3.8) is 0 Å². The van der Waals surface area contributed by atoms with Crippen LogP contribution in [0.5, 0.6) is 5.88 Å². The molecule has 32 heavy (non-hydrogen) atoms. The number of methoxy groups -OCH3 is 1. The van der Waals surface area contributed by atoms with E-state index in [1.807, 2.05) is 47.0 Å². The van der Waals surface area contributed by atoms with E-state index in [0.717, 1.165) is 35.0 Å². The standard InChI is InChI=1S/C19H20N4O2.C2HF3O2/c1-22-16-12-23(11-5-9-14(16)18(21-22)25-2)19(24)15-8-3-6-13-7-4-10-20-17(13)15;3-2(4,5)1(6)7/h3-4,6-8,10H,5,9,11-12H2,1-2H3;(H,6,7). The second kappa shape index (κ2) is 9.25. The molecule has 0 spiro atoms. The molecule has 8 nitrogen and oxygen atoms in total. The van der Waals surface area contributed by atoms with Crippen LogP contribution in [-0.2, 0) is 24.8 Å². The van der Waals surface area contributed by atoms with Crippen molar-refractivity contribution in [2.24, 2.45) is 7.05 Å². The van der Waals surface area contributed by atoms with Crippen LogP contribution in [0.3, 0.4) is 0 Å². The molecule has 0 atom stereocenters. The lowest BCUT2D eigenvalue weighted by molar-refractivity contribution is -0.192. The van der Waals surface area contributed by atoms with Crippen LogP contribution < -0.4 is 4.74 Å². The Balaban J connectivity index is 0.000000360. The van der Waals surface area contributed by atoms with Crippen LogP contribution in [0.15, 0.2) is 36.5 Å². The summed E-state index contributed by atoms with van der Waals surface area (Å²) in [6.07, 6.45) is -1.60. The van der Waals surface area contributed by atoms with Crippen molar-refractivity contribution in [3.05, 3.63) is 53.3 Å². The average Bonchev–Trinajstić information content (AvgIpc) is 2.92. The smallest absolute Gasteiger partial charge is 0.480 e. The van der Waals surface area contributed by atoms with Gasteiger partial charge in [-0.25, -0.2) is 4.79 Å². The highest BCUT2D eigenvalue weighted by Gasteiger charge is 2.38. The van der Waals surface area contributed by atoms with Crippen LogP contribution in [0, 0.1) is 0 Å². The summed E-state index contributed by atoms with van der Waals surface area (Å²) < 4.78 is 38.9. The van der Waals surface area contributed by atoms with Gasteiger partial charge in [0.25, 0.3) is 5.91 Å². The zero-order valence-electron chi connectivity index (χ0n) is 17.4. The monoisotopic (exact) mass is 450 g/mol. The lowest BCUT2D eigenvalue weighted by atomic mass is 10.1. The Labute approximate surface area is 181 Å². The molecule has 1 aliphatic rings. The van der Waals surface area contributed by atoms with Gasteiger partial charge in [-0.2, -0.15) is 13.2 Å². The van der Waals surface area contributed by atoms with E-state index in [0.29, 0.717) is 24.5 Å². The van der Waals surface area contributed by atoms with E-state index >= 15 is 0 Å². The number of carboxylic acid groups (broad SMARTS) is 1. The Kier molecular flexibility index (Phi) is 6.66. The summed E-state index contributed by atoms with van der Waals surface area (Å²) in [5, 5.41) is 12.5. The molecule has 3 heterocycles. The number of carbonyl (C=O) groups excluding carboxylic acids is 1. The van der Waals surface area contributed by atoms with Crippen molar-refractivity contribution < 1.29 is 32.6 Å². The highest BCUT2D eigenvalue weighted by atomic mass is 19.4. The minimum Gasteiger partial charge on any atom is -0.480 e. The molecule has 0 saturated carbocycles. The largest absolute Gasteiger partial charge is 0.490 e. The minimum absolute atomic E-state index is 0.0114. The summed E-state index contributed by atoms with van der Waals surface area (Å²) in [7, 11) is 3.53. The molecule has 0 aliphatic carbocycles. The average molecular weight is 450 g/mol. The van der Waals surface area contributed by atoms with Gasteiger partial charge in [0, 0.05) is 30.7 Å². The number of carbonyl (C=O) groups is 2. The number of carboxylic acids is 1. The molecule has 0 fully saturated rings. The summed E-state index contributed by atoms with van der Waals surface area (Å²) in [6, 6.07) is 9.61. The summed E-state index contributed by atoms with van der Waals surface area (Å²) in [5.74, 6) is -2.08. The summed E-state index contributed by atoms with van der Waals surface area (Å²) >= 11 is 0. The first-order valence-electron chi connectivity index (χ1n) is 9.65. The van der Waals surface area contributed by atoms with E-state index in [9.17, 15) is 18.0 Å². The number of aromatic nitrogens is 3. The summed E-state index contributed by atoms with van der Waals surface area (Å²) in [4.78, 5) is 28.4. The van der Waals surface area contributed by atoms with Gasteiger partial charge < -0.3 is 14.7 Å². The van der Waals surface area contributed by atoms with Crippen LogP contribution >= 0.6 is 0 Å². The number of amides is 1. The van der Waals surface area contributed by atoms with Crippen LogP contribution in [0.1, 0.15) is 28.0 Å². The number of hydrogen-bond donors (Lipinski definition) is 1. The first-order valence-corrected chi connectivity index (χ1v) is 9.65. The third kappa shape index (κ3) is 4.82. The fourth-order valence-corrected chi connectivity index (χ4v) is 3.52. The van der Waals surface area contributed by atoms with Gasteiger partial charge in [-0.3, -0.25) is 14.5 Å². The van der Waals surface area contributed by atoms with E-state index in [1.54, 1.807) is 13.3 Å². The maximum atomic E-state index is 13.2. The lowest BCUT2D eigenvalue weighted by Gasteiger charge is -2.21. The molecule has 1 N–H and O–H groups in total. The number of fused-ring (bicyclic) bond motifs is 2. The van der Waals surface area contributed by atoms with Gasteiger partial charge in [-0.1, -0.05) is 18.2 Å². The lowest BCUT2D eigenvalue weighted by Crippen LogP contribution is -2.31. The third-order valence-electron chi connectivity index (χ3n) is 5.02. The van der Waals surface area contributed by atoms with Gasteiger partial charge >= 0.3 is 12.1 Å². The number of halogens is 3. The van der Waals surface area contributed by atoms with Crippen molar-refractivity contribution in [1.29, 1.82) is 0 Å². The maximum Gasteiger partial charge on any atom is 0.490 e. The molecular formula is C21H21F3N4O4. The number of rotatable bonds is 2. The molecule has 0 saturated heterocycles. The SMILES string of the molecule is COc1nn(C)c2c1CCCN(C(=O)c1cccc3cccnc13)C2.O=C(O)C(F)(F)F. The van der Waals surface area contributed by atoms with E-state index in [2.05, 4.69) is 10.1 Å². The van der Waals surface area contributed by atoms with E-state index in [1.165, 1.54) is 0 Å². The Morgan fingerprint density at radius 2 is 1.88 bits per heavy atom. The summed E-state index contributed by atoms with van der Waals surface area (Å²) in [6.45, 7) is 1.24. The molecule has 170 valence electrons. The molecule has 11 heteroatoms. The topological polar surface area (TPSA) is 97.5 Å². The van der Waals surface area contributed by atoms with Crippen molar-refractivity contribution >= 4 is 22.8 Å². The fraction of sp³-hybridized carbons (Fsp3) is 0.333. The number of pyridine rings is 1. The van der Waals surface area contributed by atoms with Gasteiger partial charge in [-0.15, -0.1) is 5.10 Å². The number of aryl methyl sites for hydroxylation is 1. The van der Waals surface area contributed by atoms with Crippen molar-refractivity contribution in [1.82, 2.24) is 19.7 Å². The predicted octanol–water partition coefficient (Wildman–Crippen LogP) is 3.20. The van der Waals surface area contributed by atoms with E-state index < -0.39 is 12.1 Å². The number of benzene rings is 1. The first-order chi connectivity index (χ1) is 15.1. The van der Waals surface area contributed by atoms with Crippen LogP contribution in [-0.4, -0.2) is 56.5 Å². The zero-order chi connectivity index (χ0) is 23.5. The second-order valence-corrected chi connectivity index (χ2v) is 7.07. The molecule has 1 aromatic carbocycles. The number of aliphatic carboxylic acids is 1. The normalized spacial score (nSPS) is 13.6. The van der Waals surface area contributed by atoms with Gasteiger partial charge in [0.15, 0.2) is 0 Å². The van der Waals surface area contributed by atoms with Crippen molar-refractivity contribution in [2.45, 2.75) is 25.6 Å². The molecule has 2 aromatic heterocycles. The summed E-state index contributed by atoms with van der Waals surface area (Å²) in [5.41, 5.74) is 3.55. The number of hydrogen-bond acceptors (Lipinski definition) is 5. The molecule has 3 aromatic rings. The number of ether oxygens (including phenoxy) is 1.